The average Bonchev–Trinajstić information content (AvgIpc) is 2.25. The van der Waals surface area contributed by atoms with Gasteiger partial charge in [-0.25, -0.2) is 0 Å². The molecule has 1 rings (SSSR count). The lowest BCUT2D eigenvalue weighted by Gasteiger charge is -2.46. The number of methoxy groups -OCH3 is 1. The molecule has 0 aromatic heterocycles. The number of hydrogen-bond donors (Lipinski definition) is 2. The lowest BCUT2D eigenvalue weighted by atomic mass is 9.68. The highest BCUT2D eigenvalue weighted by atomic mass is 16.5. The first-order chi connectivity index (χ1) is 7.16. The van der Waals surface area contributed by atoms with Crippen LogP contribution < -0.4 is 11.1 Å². The van der Waals surface area contributed by atoms with Crippen molar-refractivity contribution in [2.75, 3.05) is 26.8 Å². The summed E-state index contributed by atoms with van der Waals surface area (Å²) in [4.78, 5) is 0. The van der Waals surface area contributed by atoms with Crippen molar-refractivity contribution in [1.82, 2.24) is 5.32 Å². The zero-order valence-corrected chi connectivity index (χ0v) is 10.4. The second-order valence-corrected chi connectivity index (χ2v) is 4.94. The first kappa shape index (κ1) is 12.9. The molecule has 0 saturated heterocycles. The predicted octanol–water partition coefficient (Wildman–Crippen LogP) is 1.38. The van der Waals surface area contributed by atoms with Gasteiger partial charge in [0.25, 0.3) is 0 Å². The first-order valence-corrected chi connectivity index (χ1v) is 6.10. The number of rotatable bonds is 5. The summed E-state index contributed by atoms with van der Waals surface area (Å²) in [6.07, 6.45) is 3.84. The molecule has 3 unspecified atom stereocenters. The Balaban J connectivity index is 2.56. The topological polar surface area (TPSA) is 47.3 Å². The highest BCUT2D eigenvalue weighted by Gasteiger charge is 2.39. The van der Waals surface area contributed by atoms with E-state index in [9.17, 15) is 0 Å². The van der Waals surface area contributed by atoms with Crippen LogP contribution in [0.2, 0.25) is 0 Å². The normalized spacial score (nSPS) is 36.8. The van der Waals surface area contributed by atoms with E-state index in [4.69, 9.17) is 10.5 Å². The molecule has 0 spiro atoms. The molecule has 90 valence electrons. The van der Waals surface area contributed by atoms with E-state index in [0.717, 1.165) is 25.6 Å². The van der Waals surface area contributed by atoms with E-state index in [-0.39, 0.29) is 5.54 Å². The Kier molecular flexibility index (Phi) is 5.03. The molecule has 3 atom stereocenters. The van der Waals surface area contributed by atoms with E-state index >= 15 is 0 Å². The van der Waals surface area contributed by atoms with Crippen LogP contribution in [0.15, 0.2) is 0 Å². The zero-order valence-electron chi connectivity index (χ0n) is 10.4. The number of ether oxygens (including phenoxy) is 1. The van der Waals surface area contributed by atoms with Crippen LogP contribution in [0, 0.1) is 11.8 Å². The predicted molar refractivity (Wildman–Crippen MR) is 63.8 cm³/mol. The van der Waals surface area contributed by atoms with Crippen molar-refractivity contribution in [3.8, 4) is 0 Å². The molecule has 0 aliphatic heterocycles. The fraction of sp³-hybridized carbons (Fsp3) is 1.00. The quantitative estimate of drug-likeness (QED) is 0.680. The summed E-state index contributed by atoms with van der Waals surface area (Å²) in [5, 5.41) is 3.62. The van der Waals surface area contributed by atoms with Gasteiger partial charge in [0.15, 0.2) is 0 Å². The smallest absolute Gasteiger partial charge is 0.0587 e. The summed E-state index contributed by atoms with van der Waals surface area (Å²) >= 11 is 0. The average molecular weight is 214 g/mol. The van der Waals surface area contributed by atoms with Crippen LogP contribution in [0.4, 0.5) is 0 Å². The number of nitrogens with one attached hydrogen (secondary N) is 1. The third-order valence-electron chi connectivity index (χ3n) is 4.16. The second-order valence-electron chi connectivity index (χ2n) is 4.94. The van der Waals surface area contributed by atoms with E-state index in [0.29, 0.717) is 5.92 Å². The monoisotopic (exact) mass is 214 g/mol. The Labute approximate surface area is 93.8 Å². The van der Waals surface area contributed by atoms with Crippen molar-refractivity contribution < 1.29 is 4.74 Å². The molecule has 0 radical (unpaired) electrons. The molecule has 0 aromatic rings. The summed E-state index contributed by atoms with van der Waals surface area (Å²) in [5.41, 5.74) is 6.12. The molecular formula is C12H26N2O. The lowest BCUT2D eigenvalue weighted by Crippen LogP contribution is -2.59. The van der Waals surface area contributed by atoms with Gasteiger partial charge >= 0.3 is 0 Å². The lowest BCUT2D eigenvalue weighted by molar-refractivity contribution is 0.0987. The maximum absolute atomic E-state index is 5.97. The fourth-order valence-electron chi connectivity index (χ4n) is 2.77. The van der Waals surface area contributed by atoms with Crippen molar-refractivity contribution in [1.29, 1.82) is 0 Å². The molecule has 3 heteroatoms. The second kappa shape index (κ2) is 5.83. The van der Waals surface area contributed by atoms with Gasteiger partial charge in [0.05, 0.1) is 6.61 Å². The van der Waals surface area contributed by atoms with Crippen molar-refractivity contribution >= 4 is 0 Å². The molecule has 1 fully saturated rings. The van der Waals surface area contributed by atoms with Crippen molar-refractivity contribution in [2.24, 2.45) is 17.6 Å². The zero-order chi connectivity index (χ0) is 11.3. The summed E-state index contributed by atoms with van der Waals surface area (Å²) in [6.45, 7) is 7.08. The van der Waals surface area contributed by atoms with Crippen LogP contribution in [0.1, 0.15) is 33.1 Å². The summed E-state index contributed by atoms with van der Waals surface area (Å²) < 4.78 is 5.08. The standard InChI is InChI=1S/C12H26N2O/c1-10-5-4-6-12(9-13,11(10)2)14-7-8-15-3/h10-11,14H,4-9,13H2,1-3H3. The molecule has 0 aromatic carbocycles. The summed E-state index contributed by atoms with van der Waals surface area (Å²) in [6, 6.07) is 0. The van der Waals surface area contributed by atoms with Gasteiger partial charge in [0.2, 0.25) is 0 Å². The van der Waals surface area contributed by atoms with Crippen LogP contribution in [0.3, 0.4) is 0 Å². The Bertz CT molecular complexity index is 186. The maximum Gasteiger partial charge on any atom is 0.0587 e. The maximum atomic E-state index is 5.97. The van der Waals surface area contributed by atoms with E-state index in [1.165, 1.54) is 19.3 Å². The summed E-state index contributed by atoms with van der Waals surface area (Å²) in [5.74, 6) is 1.44. The minimum atomic E-state index is 0.149. The van der Waals surface area contributed by atoms with Crippen LogP contribution in [-0.4, -0.2) is 32.3 Å². The fourth-order valence-corrected chi connectivity index (χ4v) is 2.77. The van der Waals surface area contributed by atoms with Crippen LogP contribution in [0.5, 0.6) is 0 Å². The molecule has 0 heterocycles. The third kappa shape index (κ3) is 2.92. The Hall–Kier alpha value is -0.120. The molecule has 1 aliphatic rings. The van der Waals surface area contributed by atoms with Crippen LogP contribution in [0.25, 0.3) is 0 Å². The van der Waals surface area contributed by atoms with Gasteiger partial charge in [-0.2, -0.15) is 0 Å². The van der Waals surface area contributed by atoms with E-state index < -0.39 is 0 Å². The summed E-state index contributed by atoms with van der Waals surface area (Å²) in [7, 11) is 1.74. The van der Waals surface area contributed by atoms with Gasteiger partial charge in [-0.1, -0.05) is 26.7 Å². The number of hydrogen-bond acceptors (Lipinski definition) is 3. The molecule has 3 N–H and O–H groups in total. The molecule has 3 nitrogen and oxygen atoms in total. The molecular weight excluding hydrogens is 188 g/mol. The van der Waals surface area contributed by atoms with Crippen molar-refractivity contribution in [2.45, 2.75) is 38.6 Å². The largest absolute Gasteiger partial charge is 0.383 e. The van der Waals surface area contributed by atoms with Crippen LogP contribution in [-0.2, 0) is 4.74 Å². The van der Waals surface area contributed by atoms with E-state index in [1.54, 1.807) is 7.11 Å². The van der Waals surface area contributed by atoms with Gasteiger partial charge in [-0.3, -0.25) is 0 Å². The van der Waals surface area contributed by atoms with Crippen molar-refractivity contribution in [3.63, 3.8) is 0 Å². The Morgan fingerprint density at radius 3 is 2.80 bits per heavy atom. The van der Waals surface area contributed by atoms with E-state index in [1.807, 2.05) is 0 Å². The van der Waals surface area contributed by atoms with E-state index in [2.05, 4.69) is 19.2 Å². The van der Waals surface area contributed by atoms with Crippen molar-refractivity contribution in [3.05, 3.63) is 0 Å². The minimum absolute atomic E-state index is 0.149. The molecule has 15 heavy (non-hydrogen) atoms. The van der Waals surface area contributed by atoms with Gasteiger partial charge in [0, 0.05) is 25.7 Å². The molecule has 1 aliphatic carbocycles. The van der Waals surface area contributed by atoms with Crippen LogP contribution >= 0.6 is 0 Å². The highest BCUT2D eigenvalue weighted by Crippen LogP contribution is 2.36. The van der Waals surface area contributed by atoms with Gasteiger partial charge in [-0.05, 0) is 18.3 Å². The molecule has 1 saturated carbocycles. The molecule has 0 bridgehead atoms. The minimum Gasteiger partial charge on any atom is -0.383 e. The third-order valence-corrected chi connectivity index (χ3v) is 4.16. The van der Waals surface area contributed by atoms with Gasteiger partial charge in [-0.15, -0.1) is 0 Å². The van der Waals surface area contributed by atoms with Gasteiger partial charge < -0.3 is 15.8 Å². The Morgan fingerprint density at radius 1 is 1.47 bits per heavy atom. The number of nitrogens with two attached hydrogens (primary N) is 1. The first-order valence-electron chi connectivity index (χ1n) is 6.10. The molecule has 0 amide bonds. The Morgan fingerprint density at radius 2 is 2.20 bits per heavy atom. The SMILES string of the molecule is COCCNC1(CN)CCCC(C)C1C. The van der Waals surface area contributed by atoms with Gasteiger partial charge in [0.1, 0.15) is 0 Å². The highest BCUT2D eigenvalue weighted by molar-refractivity contribution is 4.98.